The lowest BCUT2D eigenvalue weighted by Gasteiger charge is -2.31. The Morgan fingerprint density at radius 3 is 2.63 bits per heavy atom. The second-order valence-electron chi connectivity index (χ2n) is 5.67. The molecule has 0 saturated heterocycles. The lowest BCUT2D eigenvalue weighted by atomic mass is 10.0. The average Bonchev–Trinajstić information content (AvgIpc) is 2.75. The molecular weight excluding hydrogens is 256 g/mol. The maximum Gasteiger partial charge on any atom is 0.106 e. The molecule has 0 spiro atoms. The molecule has 0 atom stereocenters. The molecule has 3 N–H and O–H groups in total. The van der Waals surface area contributed by atoms with Crippen LogP contribution in [0.2, 0.25) is 0 Å². The zero-order valence-electron chi connectivity index (χ0n) is 11.6. The largest absolute Gasteiger partial charge is 0.389 e. The van der Waals surface area contributed by atoms with Crippen molar-refractivity contribution in [3.63, 3.8) is 0 Å². The quantitative estimate of drug-likeness (QED) is 0.830. The van der Waals surface area contributed by atoms with Gasteiger partial charge in [-0.2, -0.15) is 0 Å². The number of likely N-dealkylation sites (N-methyl/N-ethyl adjacent to an activating group) is 1. The summed E-state index contributed by atoms with van der Waals surface area (Å²) in [5.74, 6) is 0. The van der Waals surface area contributed by atoms with Gasteiger partial charge in [-0.15, -0.1) is 0 Å². The fourth-order valence-electron chi connectivity index (χ4n) is 2.88. The summed E-state index contributed by atoms with van der Waals surface area (Å²) in [6.07, 6.45) is 3.98. The van der Waals surface area contributed by atoms with E-state index in [4.69, 9.17) is 18.0 Å². The summed E-state index contributed by atoms with van der Waals surface area (Å²) in [5, 5.41) is 10.5. The second kappa shape index (κ2) is 5.47. The Kier molecular flexibility index (Phi) is 4.11. The molecule has 2 rings (SSSR count). The van der Waals surface area contributed by atoms with Crippen LogP contribution in [0.3, 0.4) is 0 Å². The summed E-state index contributed by atoms with van der Waals surface area (Å²) in [7, 11) is 1.99. The number of aryl methyl sites for hydroxylation is 1. The standard InChI is InChI=1S/C15H22N2OS/c1-11-5-6-12(14(16)19)13(9-11)17(2)10-15(18)7-3-4-8-15/h5-6,9,18H,3-4,7-8,10H2,1-2H3,(H2,16,19). The van der Waals surface area contributed by atoms with Gasteiger partial charge in [0.15, 0.2) is 0 Å². The van der Waals surface area contributed by atoms with E-state index in [1.807, 2.05) is 26.1 Å². The fourth-order valence-corrected chi connectivity index (χ4v) is 3.06. The highest BCUT2D eigenvalue weighted by atomic mass is 32.1. The molecule has 0 bridgehead atoms. The minimum atomic E-state index is -0.564. The van der Waals surface area contributed by atoms with E-state index in [9.17, 15) is 5.11 Å². The maximum absolute atomic E-state index is 10.5. The van der Waals surface area contributed by atoms with Gasteiger partial charge in [0.2, 0.25) is 0 Å². The van der Waals surface area contributed by atoms with Crippen molar-refractivity contribution in [1.82, 2.24) is 0 Å². The molecule has 1 saturated carbocycles. The van der Waals surface area contributed by atoms with Crippen molar-refractivity contribution in [2.75, 3.05) is 18.5 Å². The highest BCUT2D eigenvalue weighted by Gasteiger charge is 2.32. The van der Waals surface area contributed by atoms with Crippen molar-refractivity contribution >= 4 is 22.9 Å². The molecule has 19 heavy (non-hydrogen) atoms. The number of rotatable bonds is 4. The Bertz CT molecular complexity index is 481. The number of benzene rings is 1. The third-order valence-corrected chi connectivity index (χ3v) is 4.12. The van der Waals surface area contributed by atoms with Crippen molar-refractivity contribution in [1.29, 1.82) is 0 Å². The van der Waals surface area contributed by atoms with E-state index < -0.39 is 5.60 Å². The lowest BCUT2D eigenvalue weighted by Crippen LogP contribution is -2.39. The first-order valence-electron chi connectivity index (χ1n) is 6.75. The lowest BCUT2D eigenvalue weighted by molar-refractivity contribution is 0.0559. The molecular formula is C15H22N2OS. The molecule has 0 amide bonds. The summed E-state index contributed by atoms with van der Waals surface area (Å²) < 4.78 is 0. The Hall–Kier alpha value is -1.13. The highest BCUT2D eigenvalue weighted by molar-refractivity contribution is 7.80. The van der Waals surface area contributed by atoms with Crippen LogP contribution in [0.15, 0.2) is 18.2 Å². The predicted molar refractivity (Wildman–Crippen MR) is 83.8 cm³/mol. The van der Waals surface area contributed by atoms with Gasteiger partial charge < -0.3 is 15.7 Å². The van der Waals surface area contributed by atoms with Crippen LogP contribution in [0.5, 0.6) is 0 Å². The van der Waals surface area contributed by atoms with E-state index in [2.05, 4.69) is 11.0 Å². The summed E-state index contributed by atoms with van der Waals surface area (Å²) >= 11 is 5.11. The van der Waals surface area contributed by atoms with E-state index in [-0.39, 0.29) is 0 Å². The van der Waals surface area contributed by atoms with Gasteiger partial charge in [0, 0.05) is 24.8 Å². The zero-order valence-corrected chi connectivity index (χ0v) is 12.5. The van der Waals surface area contributed by atoms with Gasteiger partial charge in [-0.3, -0.25) is 0 Å². The number of aliphatic hydroxyl groups is 1. The zero-order chi connectivity index (χ0) is 14.0. The SMILES string of the molecule is Cc1ccc(C(N)=S)c(N(C)CC2(O)CCCC2)c1. The third kappa shape index (κ3) is 3.25. The first-order chi connectivity index (χ1) is 8.91. The molecule has 4 heteroatoms. The van der Waals surface area contributed by atoms with E-state index in [1.54, 1.807) is 0 Å². The highest BCUT2D eigenvalue weighted by Crippen LogP contribution is 2.32. The van der Waals surface area contributed by atoms with Crippen LogP contribution in [0.4, 0.5) is 5.69 Å². The van der Waals surface area contributed by atoms with Gasteiger partial charge in [-0.1, -0.05) is 31.1 Å². The van der Waals surface area contributed by atoms with E-state index in [0.717, 1.165) is 36.9 Å². The Labute approximate surface area is 120 Å². The molecule has 0 radical (unpaired) electrons. The molecule has 0 unspecified atom stereocenters. The molecule has 0 heterocycles. The number of thiocarbonyl (C=S) groups is 1. The van der Waals surface area contributed by atoms with Crippen molar-refractivity contribution in [3.05, 3.63) is 29.3 Å². The van der Waals surface area contributed by atoms with Crippen LogP contribution in [0, 0.1) is 6.92 Å². The van der Waals surface area contributed by atoms with Gasteiger partial charge in [-0.05, 0) is 37.5 Å². The van der Waals surface area contributed by atoms with Crippen LogP contribution in [-0.4, -0.2) is 29.3 Å². The van der Waals surface area contributed by atoms with Gasteiger partial charge in [0.05, 0.1) is 5.60 Å². The fraction of sp³-hybridized carbons (Fsp3) is 0.533. The minimum Gasteiger partial charge on any atom is -0.389 e. The number of nitrogens with zero attached hydrogens (tertiary/aromatic N) is 1. The minimum absolute atomic E-state index is 0.403. The molecule has 1 aromatic carbocycles. The Morgan fingerprint density at radius 1 is 1.42 bits per heavy atom. The second-order valence-corrected chi connectivity index (χ2v) is 6.11. The normalized spacial score (nSPS) is 17.4. The third-order valence-electron chi connectivity index (χ3n) is 3.90. The van der Waals surface area contributed by atoms with Crippen LogP contribution in [-0.2, 0) is 0 Å². The molecule has 1 aromatic rings. The van der Waals surface area contributed by atoms with Crippen molar-refractivity contribution in [2.24, 2.45) is 5.73 Å². The Balaban J connectivity index is 2.24. The number of hydrogen-bond donors (Lipinski definition) is 2. The summed E-state index contributed by atoms with van der Waals surface area (Å²) in [4.78, 5) is 2.48. The monoisotopic (exact) mass is 278 g/mol. The maximum atomic E-state index is 10.5. The van der Waals surface area contributed by atoms with Crippen LogP contribution < -0.4 is 10.6 Å². The van der Waals surface area contributed by atoms with Crippen LogP contribution >= 0.6 is 12.2 Å². The van der Waals surface area contributed by atoms with Gasteiger partial charge in [0.1, 0.15) is 4.99 Å². The molecule has 1 aliphatic rings. The molecule has 0 aliphatic heterocycles. The van der Waals surface area contributed by atoms with E-state index >= 15 is 0 Å². The molecule has 3 nitrogen and oxygen atoms in total. The molecule has 104 valence electrons. The smallest absolute Gasteiger partial charge is 0.106 e. The van der Waals surface area contributed by atoms with Gasteiger partial charge >= 0.3 is 0 Å². The summed E-state index contributed by atoms with van der Waals surface area (Å²) in [6, 6.07) is 6.05. The topological polar surface area (TPSA) is 49.5 Å². The summed E-state index contributed by atoms with van der Waals surface area (Å²) in [5.41, 5.74) is 8.28. The van der Waals surface area contributed by atoms with Gasteiger partial charge in [-0.25, -0.2) is 0 Å². The first kappa shape index (κ1) is 14.3. The average molecular weight is 278 g/mol. The predicted octanol–water partition coefficient (Wildman–Crippen LogP) is 2.37. The van der Waals surface area contributed by atoms with Crippen molar-refractivity contribution in [3.8, 4) is 0 Å². The van der Waals surface area contributed by atoms with Crippen molar-refractivity contribution < 1.29 is 5.11 Å². The van der Waals surface area contributed by atoms with Crippen LogP contribution in [0.25, 0.3) is 0 Å². The Morgan fingerprint density at radius 2 is 2.05 bits per heavy atom. The molecule has 0 aromatic heterocycles. The first-order valence-corrected chi connectivity index (χ1v) is 7.16. The van der Waals surface area contributed by atoms with E-state index in [0.29, 0.717) is 11.5 Å². The number of nitrogens with two attached hydrogens (primary N) is 1. The van der Waals surface area contributed by atoms with E-state index in [1.165, 1.54) is 5.56 Å². The van der Waals surface area contributed by atoms with Crippen LogP contribution in [0.1, 0.15) is 36.8 Å². The number of anilines is 1. The number of hydrogen-bond acceptors (Lipinski definition) is 3. The molecule has 1 aliphatic carbocycles. The molecule has 1 fully saturated rings. The van der Waals surface area contributed by atoms with Gasteiger partial charge in [0.25, 0.3) is 0 Å². The van der Waals surface area contributed by atoms with Crippen molar-refractivity contribution in [2.45, 2.75) is 38.2 Å². The summed E-state index contributed by atoms with van der Waals surface area (Å²) in [6.45, 7) is 2.68.